The van der Waals surface area contributed by atoms with Gasteiger partial charge in [0, 0.05) is 11.0 Å². The van der Waals surface area contributed by atoms with E-state index in [-0.39, 0.29) is 11.9 Å². The molecule has 0 radical (unpaired) electrons. The highest BCUT2D eigenvalue weighted by atomic mass is 79.9. The van der Waals surface area contributed by atoms with Crippen molar-refractivity contribution in [3.05, 3.63) is 51.0 Å². The minimum Gasteiger partial charge on any atom is -0.308 e. The summed E-state index contributed by atoms with van der Waals surface area (Å²) in [6, 6.07) is 4.40. The summed E-state index contributed by atoms with van der Waals surface area (Å²) in [5.74, 6) is -0.277. The second-order valence-electron chi connectivity index (χ2n) is 4.49. The Morgan fingerprint density at radius 2 is 2.25 bits per heavy atom. The monoisotopic (exact) mass is 359 g/mol. The smallest absolute Gasteiger partial charge is 0.123 e. The number of aryl methyl sites for hydroxylation is 1. The average Bonchev–Trinajstić information content (AvgIpc) is 2.77. The molecule has 0 spiro atoms. The minimum absolute atomic E-state index is 0.221. The number of benzene rings is 1. The highest BCUT2D eigenvalue weighted by molar-refractivity contribution is 9.10. The van der Waals surface area contributed by atoms with Gasteiger partial charge in [-0.05, 0) is 37.2 Å². The number of nitrogens with one attached hydrogen (secondary N) is 1. The van der Waals surface area contributed by atoms with Crippen molar-refractivity contribution >= 4 is 27.5 Å². The molecule has 0 saturated heterocycles. The minimum atomic E-state index is -0.277. The number of rotatable bonds is 5. The van der Waals surface area contributed by atoms with E-state index in [0.29, 0.717) is 5.02 Å². The first-order valence-electron chi connectivity index (χ1n) is 6.41. The topological polar surface area (TPSA) is 29.9 Å². The lowest BCUT2D eigenvalue weighted by molar-refractivity contribution is 0.531. The van der Waals surface area contributed by atoms with Crippen LogP contribution in [0.25, 0.3) is 0 Å². The number of nitrogens with zero attached hydrogens (tertiary/aromatic N) is 2. The number of halogens is 3. The lowest BCUT2D eigenvalue weighted by Gasteiger charge is -2.20. The fourth-order valence-electron chi connectivity index (χ4n) is 2.22. The zero-order valence-electron chi connectivity index (χ0n) is 11.3. The maximum absolute atomic E-state index is 13.5. The summed E-state index contributed by atoms with van der Waals surface area (Å²) in [5.41, 5.74) is 1.65. The molecule has 0 aliphatic rings. The predicted octanol–water partition coefficient (Wildman–Crippen LogP) is 4.16. The molecule has 0 aliphatic carbocycles. The highest BCUT2D eigenvalue weighted by Crippen LogP contribution is 2.32. The zero-order valence-corrected chi connectivity index (χ0v) is 13.7. The molecule has 20 heavy (non-hydrogen) atoms. The van der Waals surface area contributed by atoms with E-state index in [1.165, 1.54) is 12.1 Å². The lowest BCUT2D eigenvalue weighted by Crippen LogP contribution is -2.22. The van der Waals surface area contributed by atoms with Crippen molar-refractivity contribution in [2.45, 2.75) is 25.9 Å². The van der Waals surface area contributed by atoms with Gasteiger partial charge in [-0.15, -0.1) is 0 Å². The van der Waals surface area contributed by atoms with Gasteiger partial charge in [0.15, 0.2) is 0 Å². The lowest BCUT2D eigenvalue weighted by atomic mass is 10.0. The molecule has 0 saturated carbocycles. The fourth-order valence-corrected chi connectivity index (χ4v) is 2.95. The molecule has 0 amide bonds. The first kappa shape index (κ1) is 15.5. The Kier molecular flexibility index (Phi) is 5.18. The van der Waals surface area contributed by atoms with Crippen LogP contribution >= 0.6 is 27.5 Å². The maximum Gasteiger partial charge on any atom is 0.123 e. The van der Waals surface area contributed by atoms with Crippen molar-refractivity contribution in [3.8, 4) is 0 Å². The first-order valence-corrected chi connectivity index (χ1v) is 7.59. The quantitative estimate of drug-likeness (QED) is 0.868. The van der Waals surface area contributed by atoms with E-state index < -0.39 is 0 Å². The first-order chi connectivity index (χ1) is 9.58. The summed E-state index contributed by atoms with van der Waals surface area (Å²) < 4.78 is 16.2. The molecule has 2 rings (SSSR count). The number of hydrogen-bond donors (Lipinski definition) is 1. The Hall–Kier alpha value is -0.910. The summed E-state index contributed by atoms with van der Waals surface area (Å²) in [6.45, 7) is 2.85. The van der Waals surface area contributed by atoms with E-state index in [0.717, 1.165) is 28.7 Å². The van der Waals surface area contributed by atoms with Gasteiger partial charge in [-0.1, -0.05) is 34.5 Å². The van der Waals surface area contributed by atoms with E-state index in [4.69, 9.17) is 11.6 Å². The largest absolute Gasteiger partial charge is 0.308 e. The normalized spacial score (nSPS) is 12.7. The Labute approximate surface area is 131 Å². The predicted molar refractivity (Wildman–Crippen MR) is 82.5 cm³/mol. The van der Waals surface area contributed by atoms with Crippen LogP contribution in [0.4, 0.5) is 4.39 Å². The van der Waals surface area contributed by atoms with Crippen LogP contribution in [0.15, 0.2) is 28.9 Å². The molecule has 1 N–H and O–H groups in total. The van der Waals surface area contributed by atoms with Crippen molar-refractivity contribution in [1.29, 1.82) is 0 Å². The third-order valence-corrected chi connectivity index (χ3v) is 4.11. The molecule has 0 bridgehead atoms. The van der Waals surface area contributed by atoms with Crippen LogP contribution in [0.1, 0.15) is 30.6 Å². The van der Waals surface area contributed by atoms with Gasteiger partial charge in [-0.25, -0.2) is 4.39 Å². The van der Waals surface area contributed by atoms with E-state index >= 15 is 0 Å². The second kappa shape index (κ2) is 6.70. The van der Waals surface area contributed by atoms with Crippen molar-refractivity contribution in [2.75, 3.05) is 7.05 Å². The van der Waals surface area contributed by atoms with Gasteiger partial charge in [0.2, 0.25) is 0 Å². The molecule has 0 fully saturated rings. The van der Waals surface area contributed by atoms with E-state index in [9.17, 15) is 4.39 Å². The third-order valence-electron chi connectivity index (χ3n) is 3.10. The highest BCUT2D eigenvalue weighted by Gasteiger charge is 2.22. The van der Waals surface area contributed by atoms with Crippen molar-refractivity contribution in [2.24, 2.45) is 0 Å². The van der Waals surface area contributed by atoms with Gasteiger partial charge in [0.25, 0.3) is 0 Å². The molecule has 108 valence electrons. The third kappa shape index (κ3) is 3.05. The van der Waals surface area contributed by atoms with Crippen LogP contribution in [0.2, 0.25) is 5.02 Å². The van der Waals surface area contributed by atoms with Gasteiger partial charge < -0.3 is 5.32 Å². The zero-order chi connectivity index (χ0) is 14.7. The second-order valence-corrected chi connectivity index (χ2v) is 5.75. The SMILES string of the molecule is CCCn1ncc(Cl)c1C(NC)c1cc(F)ccc1Br. The summed E-state index contributed by atoms with van der Waals surface area (Å²) in [4.78, 5) is 0. The van der Waals surface area contributed by atoms with Gasteiger partial charge in [0.1, 0.15) is 5.82 Å². The molecule has 1 unspecified atom stereocenters. The van der Waals surface area contributed by atoms with Crippen LogP contribution in [-0.2, 0) is 6.54 Å². The Balaban J connectivity index is 2.52. The fraction of sp³-hybridized carbons (Fsp3) is 0.357. The Bertz CT molecular complexity index is 600. The van der Waals surface area contributed by atoms with Gasteiger partial charge >= 0.3 is 0 Å². The molecule has 1 aromatic carbocycles. The average molecular weight is 361 g/mol. The van der Waals surface area contributed by atoms with E-state index in [1.54, 1.807) is 12.3 Å². The number of aromatic nitrogens is 2. The molecule has 2 aromatic rings. The van der Waals surface area contributed by atoms with Crippen LogP contribution in [0, 0.1) is 5.82 Å². The number of hydrogen-bond acceptors (Lipinski definition) is 2. The molecule has 6 heteroatoms. The molecular formula is C14H16BrClFN3. The van der Waals surface area contributed by atoms with Crippen LogP contribution in [0.5, 0.6) is 0 Å². The molecular weight excluding hydrogens is 345 g/mol. The molecule has 0 aliphatic heterocycles. The van der Waals surface area contributed by atoms with Crippen LogP contribution in [0.3, 0.4) is 0 Å². The van der Waals surface area contributed by atoms with E-state index in [2.05, 4.69) is 33.3 Å². The van der Waals surface area contributed by atoms with Crippen LogP contribution in [-0.4, -0.2) is 16.8 Å². The molecule has 3 nitrogen and oxygen atoms in total. The summed E-state index contributed by atoms with van der Waals surface area (Å²) in [6.07, 6.45) is 2.58. The van der Waals surface area contributed by atoms with Gasteiger partial charge in [-0.3, -0.25) is 4.68 Å². The van der Waals surface area contributed by atoms with Crippen molar-refractivity contribution < 1.29 is 4.39 Å². The Morgan fingerprint density at radius 3 is 2.90 bits per heavy atom. The maximum atomic E-state index is 13.5. The summed E-state index contributed by atoms with van der Waals surface area (Å²) in [7, 11) is 1.82. The van der Waals surface area contributed by atoms with Crippen molar-refractivity contribution in [1.82, 2.24) is 15.1 Å². The molecule has 1 atom stereocenters. The molecule has 1 heterocycles. The van der Waals surface area contributed by atoms with Gasteiger partial charge in [0.05, 0.1) is 23.0 Å². The van der Waals surface area contributed by atoms with Crippen molar-refractivity contribution in [3.63, 3.8) is 0 Å². The summed E-state index contributed by atoms with van der Waals surface area (Å²) >= 11 is 9.73. The van der Waals surface area contributed by atoms with Crippen LogP contribution < -0.4 is 5.32 Å². The molecule has 1 aromatic heterocycles. The summed E-state index contributed by atoms with van der Waals surface area (Å²) in [5, 5.41) is 8.05. The van der Waals surface area contributed by atoms with E-state index in [1.807, 2.05) is 11.7 Å². The van der Waals surface area contributed by atoms with Gasteiger partial charge in [-0.2, -0.15) is 5.10 Å². The Morgan fingerprint density at radius 1 is 1.50 bits per heavy atom. The standard InChI is InChI=1S/C14H16BrClFN3/c1-3-6-20-14(12(16)8-19-20)13(18-2)10-7-9(17)4-5-11(10)15/h4-5,7-8,13,18H,3,6H2,1-2H3.